The summed E-state index contributed by atoms with van der Waals surface area (Å²) in [7, 11) is 0. The van der Waals surface area contributed by atoms with Crippen LogP contribution in [0.3, 0.4) is 0 Å². The molecule has 0 spiro atoms. The third-order valence-corrected chi connectivity index (χ3v) is 4.91. The number of carbonyl (C=O) groups is 1. The lowest BCUT2D eigenvalue weighted by atomic mass is 10.1. The molecule has 2 heterocycles. The van der Waals surface area contributed by atoms with Gasteiger partial charge in [-0.05, 0) is 50.1 Å². The molecule has 0 radical (unpaired) electrons. The summed E-state index contributed by atoms with van der Waals surface area (Å²) in [6, 6.07) is 3.88. The Bertz CT molecular complexity index is 1120. The first-order chi connectivity index (χ1) is 13.3. The van der Waals surface area contributed by atoms with Gasteiger partial charge in [-0.3, -0.25) is 14.6 Å². The van der Waals surface area contributed by atoms with Crippen LogP contribution in [0.2, 0.25) is 0 Å². The number of carboxylic acid groups (broad SMARTS) is 1. The van der Waals surface area contributed by atoms with E-state index in [-0.39, 0.29) is 11.5 Å². The predicted molar refractivity (Wildman–Crippen MR) is 105 cm³/mol. The molecule has 9 nitrogen and oxygen atoms in total. The molecule has 0 saturated heterocycles. The largest absolute Gasteiger partial charge is 0.481 e. The van der Waals surface area contributed by atoms with E-state index in [2.05, 4.69) is 20.3 Å². The second kappa shape index (κ2) is 7.89. The van der Waals surface area contributed by atoms with Gasteiger partial charge in [-0.25, -0.2) is 9.78 Å². The Hall–Kier alpha value is -3.07. The fourth-order valence-corrected chi connectivity index (χ4v) is 3.03. The highest BCUT2D eigenvalue weighted by molar-refractivity contribution is 5.81. The van der Waals surface area contributed by atoms with Crippen molar-refractivity contribution in [1.82, 2.24) is 24.8 Å². The first-order valence-corrected chi connectivity index (χ1v) is 9.13. The molecule has 0 fully saturated rings. The number of rotatable bonds is 7. The van der Waals surface area contributed by atoms with Gasteiger partial charge in [-0.15, -0.1) is 0 Å². The minimum atomic E-state index is -0.820. The van der Waals surface area contributed by atoms with Crippen molar-refractivity contribution in [2.45, 2.75) is 33.7 Å². The van der Waals surface area contributed by atoms with E-state index in [9.17, 15) is 14.4 Å². The van der Waals surface area contributed by atoms with Gasteiger partial charge in [0.2, 0.25) is 0 Å². The molecule has 28 heavy (non-hydrogen) atoms. The molecule has 0 amide bonds. The minimum absolute atomic E-state index is 0.120. The Morgan fingerprint density at radius 1 is 1.21 bits per heavy atom. The van der Waals surface area contributed by atoms with Crippen LogP contribution >= 0.6 is 0 Å². The van der Waals surface area contributed by atoms with Gasteiger partial charge in [0.25, 0.3) is 5.56 Å². The first kappa shape index (κ1) is 19.7. The summed E-state index contributed by atoms with van der Waals surface area (Å²) in [6.45, 7) is 7.16. The number of aliphatic carboxylic acids is 1. The number of H-pyrrole nitrogens is 1. The van der Waals surface area contributed by atoms with Gasteiger partial charge in [-0.1, -0.05) is 6.92 Å². The number of benzene rings is 1. The molecule has 1 aromatic carbocycles. The van der Waals surface area contributed by atoms with Crippen LogP contribution < -0.4 is 16.6 Å². The maximum atomic E-state index is 12.2. The molecule has 0 saturated carbocycles. The number of hydrogen-bond acceptors (Lipinski definition) is 6. The fourth-order valence-electron chi connectivity index (χ4n) is 3.03. The average molecular weight is 385 g/mol. The lowest BCUT2D eigenvalue weighted by Gasteiger charge is -2.18. The van der Waals surface area contributed by atoms with E-state index in [4.69, 9.17) is 5.11 Å². The van der Waals surface area contributed by atoms with Gasteiger partial charge in [-0.2, -0.15) is 4.98 Å². The Kier molecular flexibility index (Phi) is 5.55. The van der Waals surface area contributed by atoms with Crippen molar-refractivity contribution in [2.75, 3.05) is 13.1 Å². The van der Waals surface area contributed by atoms with Gasteiger partial charge in [0.15, 0.2) is 11.5 Å². The van der Waals surface area contributed by atoms with Crippen LogP contribution in [0.4, 0.5) is 0 Å². The molecular weight excluding hydrogens is 362 g/mol. The third kappa shape index (κ3) is 3.94. The molecule has 3 rings (SSSR count). The Balaban J connectivity index is 1.96. The molecule has 1 atom stereocenters. The maximum absolute atomic E-state index is 12.2. The molecule has 3 N–H and O–H groups in total. The van der Waals surface area contributed by atoms with Crippen LogP contribution in [-0.4, -0.2) is 43.7 Å². The topological polar surface area (TPSA) is 130 Å². The van der Waals surface area contributed by atoms with Gasteiger partial charge in [0.05, 0.1) is 17.0 Å². The molecule has 148 valence electrons. The second-order valence-electron chi connectivity index (χ2n) is 7.01. The van der Waals surface area contributed by atoms with Crippen molar-refractivity contribution >= 4 is 17.0 Å². The quantitative estimate of drug-likeness (QED) is 0.407. The molecule has 0 aliphatic carbocycles. The summed E-state index contributed by atoms with van der Waals surface area (Å²) in [5.41, 5.74) is 2.41. The Morgan fingerprint density at radius 3 is 2.64 bits per heavy atom. The maximum Gasteiger partial charge on any atom is 0.349 e. The number of carboxylic acids is 1. The first-order valence-electron chi connectivity index (χ1n) is 9.13. The number of aromatic amines is 1. The molecule has 0 aromatic heterocycles. The van der Waals surface area contributed by atoms with Crippen LogP contribution in [-0.2, 0) is 11.3 Å². The number of hydrogen-bond donors (Lipinski definition) is 3. The number of nitrogens with one attached hydrogen (secondary N) is 2. The Morgan fingerprint density at radius 2 is 1.93 bits per heavy atom. The summed E-state index contributed by atoms with van der Waals surface area (Å²) >= 11 is 0. The van der Waals surface area contributed by atoms with Crippen LogP contribution in [0.25, 0.3) is 22.6 Å². The SMILES string of the molecule is Cc1cc2nc3c(=O)[nH]c(=O)nc-3n(CCNCC[C@H](C)C(=O)O)c2cc1C. The van der Waals surface area contributed by atoms with E-state index >= 15 is 0 Å². The van der Waals surface area contributed by atoms with Crippen LogP contribution in [0.5, 0.6) is 0 Å². The van der Waals surface area contributed by atoms with Crippen LogP contribution in [0.1, 0.15) is 24.5 Å². The van der Waals surface area contributed by atoms with Gasteiger partial charge >= 0.3 is 11.7 Å². The van der Waals surface area contributed by atoms with Crippen LogP contribution in [0.15, 0.2) is 21.7 Å². The summed E-state index contributed by atoms with van der Waals surface area (Å²) in [5, 5.41) is 12.2. The number of fused-ring (bicyclic) bond motifs is 2. The molecule has 2 aliphatic rings. The highest BCUT2D eigenvalue weighted by Crippen LogP contribution is 2.23. The van der Waals surface area contributed by atoms with E-state index in [1.165, 1.54) is 0 Å². The standard InChI is InChI=1S/C19H23N5O4/c1-10(18(26)27)4-5-20-6-7-24-14-9-12(3)11(2)8-13(14)21-15-16(24)22-19(28)23-17(15)25/h8-10,20H,4-7H2,1-3H3,(H,26,27)(H,23,25,28)/t10-/m0/s1. The zero-order chi connectivity index (χ0) is 20.4. The molecule has 0 bridgehead atoms. The molecular formula is C19H23N5O4. The Labute approximate surface area is 160 Å². The molecule has 1 aromatic rings. The zero-order valence-electron chi connectivity index (χ0n) is 16.1. The predicted octanol–water partition coefficient (Wildman–Crippen LogP) is 0.902. The van der Waals surface area contributed by atoms with Crippen molar-refractivity contribution in [3.63, 3.8) is 0 Å². The lowest BCUT2D eigenvalue weighted by molar-refractivity contribution is -0.141. The zero-order valence-corrected chi connectivity index (χ0v) is 16.1. The van der Waals surface area contributed by atoms with Crippen molar-refractivity contribution < 1.29 is 9.90 Å². The number of aromatic nitrogens is 4. The van der Waals surface area contributed by atoms with Gasteiger partial charge in [0.1, 0.15) is 0 Å². The third-order valence-electron chi connectivity index (χ3n) is 4.91. The summed E-state index contributed by atoms with van der Waals surface area (Å²) in [4.78, 5) is 45.4. The van der Waals surface area contributed by atoms with E-state index in [0.717, 1.165) is 16.6 Å². The van der Waals surface area contributed by atoms with Crippen LogP contribution in [0, 0.1) is 19.8 Å². The molecule has 2 aliphatic heterocycles. The van der Waals surface area contributed by atoms with Crippen molar-refractivity contribution in [2.24, 2.45) is 5.92 Å². The normalized spacial score (nSPS) is 12.5. The highest BCUT2D eigenvalue weighted by atomic mass is 16.4. The average Bonchev–Trinajstić information content (AvgIpc) is 2.62. The van der Waals surface area contributed by atoms with E-state index < -0.39 is 23.1 Å². The van der Waals surface area contributed by atoms with Gasteiger partial charge < -0.3 is 15.0 Å². The monoisotopic (exact) mass is 385 g/mol. The fraction of sp³-hybridized carbons (Fsp3) is 0.421. The van der Waals surface area contributed by atoms with Crippen molar-refractivity contribution in [3.05, 3.63) is 44.1 Å². The summed E-state index contributed by atoms with van der Waals surface area (Å²) in [6.07, 6.45) is 0.513. The van der Waals surface area contributed by atoms with Gasteiger partial charge in [0, 0.05) is 13.1 Å². The minimum Gasteiger partial charge on any atom is -0.481 e. The number of aryl methyl sites for hydroxylation is 2. The summed E-state index contributed by atoms with van der Waals surface area (Å²) in [5.74, 6) is -0.999. The van der Waals surface area contributed by atoms with E-state index in [1.54, 1.807) is 6.92 Å². The molecule has 9 heteroatoms. The molecule has 0 unspecified atom stereocenters. The summed E-state index contributed by atoms with van der Waals surface area (Å²) < 4.78 is 1.81. The lowest BCUT2D eigenvalue weighted by Crippen LogP contribution is -2.30. The van der Waals surface area contributed by atoms with E-state index in [0.29, 0.717) is 31.6 Å². The highest BCUT2D eigenvalue weighted by Gasteiger charge is 2.19. The van der Waals surface area contributed by atoms with Crippen molar-refractivity contribution in [3.8, 4) is 11.5 Å². The van der Waals surface area contributed by atoms with Crippen molar-refractivity contribution in [1.29, 1.82) is 0 Å². The second-order valence-corrected chi connectivity index (χ2v) is 7.01. The smallest absolute Gasteiger partial charge is 0.349 e. The van der Waals surface area contributed by atoms with E-state index in [1.807, 2.05) is 30.5 Å². The number of nitrogens with zero attached hydrogens (tertiary/aromatic N) is 3.